The van der Waals surface area contributed by atoms with Crippen LogP contribution in [0, 0.1) is 17.8 Å². The van der Waals surface area contributed by atoms with E-state index in [0.717, 1.165) is 25.7 Å². The lowest BCUT2D eigenvalue weighted by atomic mass is 9.51. The van der Waals surface area contributed by atoms with Crippen molar-refractivity contribution in [2.75, 3.05) is 0 Å². The lowest BCUT2D eigenvalue weighted by Gasteiger charge is -2.55. The first kappa shape index (κ1) is 7.94. The second kappa shape index (κ2) is 2.15. The number of Topliss-reactive ketones (excluding diaryl/α,β-unsaturated/α-hetero) is 1. The number of ketones is 1. The number of carbonyl (C=O) groups is 1. The topological polar surface area (TPSA) is 63.3 Å². The fourth-order valence-electron chi connectivity index (χ4n) is 3.76. The van der Waals surface area contributed by atoms with E-state index in [1.165, 1.54) is 0 Å². The summed E-state index contributed by atoms with van der Waals surface area (Å²) in [6, 6.07) is 0. The number of hydrogen-bond acceptors (Lipinski definition) is 3. The van der Waals surface area contributed by atoms with Crippen LogP contribution in [0.1, 0.15) is 25.7 Å². The average molecular weight is 181 g/mol. The van der Waals surface area contributed by atoms with Gasteiger partial charge in [0, 0.05) is 5.92 Å². The third kappa shape index (κ3) is 0.842. The Hall–Kier alpha value is -0.410. The highest BCUT2D eigenvalue weighted by Gasteiger charge is 2.58. The van der Waals surface area contributed by atoms with Gasteiger partial charge in [-0.25, -0.2) is 0 Å². The van der Waals surface area contributed by atoms with E-state index in [1.54, 1.807) is 0 Å². The van der Waals surface area contributed by atoms with Gasteiger partial charge in [0.15, 0.2) is 5.78 Å². The summed E-state index contributed by atoms with van der Waals surface area (Å²) in [5, 5.41) is 9.84. The van der Waals surface area contributed by atoms with E-state index in [4.69, 9.17) is 5.73 Å². The van der Waals surface area contributed by atoms with E-state index in [1.807, 2.05) is 0 Å². The molecule has 5 atom stereocenters. The Bertz CT molecular complexity index is 278. The van der Waals surface area contributed by atoms with Gasteiger partial charge in [-0.1, -0.05) is 0 Å². The molecule has 4 aliphatic rings. The van der Waals surface area contributed by atoms with Crippen LogP contribution in [-0.4, -0.2) is 22.5 Å². The number of nitrogens with two attached hydrogens (primary N) is 1. The zero-order valence-corrected chi connectivity index (χ0v) is 7.57. The molecule has 4 bridgehead atoms. The van der Waals surface area contributed by atoms with Crippen molar-refractivity contribution in [1.82, 2.24) is 0 Å². The summed E-state index contributed by atoms with van der Waals surface area (Å²) in [5.74, 6) is 0.915. The monoisotopic (exact) mass is 181 g/mol. The van der Waals surface area contributed by atoms with Crippen molar-refractivity contribution in [3.05, 3.63) is 0 Å². The zero-order valence-electron chi connectivity index (χ0n) is 7.57. The molecule has 0 aliphatic heterocycles. The summed E-state index contributed by atoms with van der Waals surface area (Å²) in [6.07, 6.45) is 3.17. The van der Waals surface area contributed by atoms with E-state index in [0.29, 0.717) is 11.8 Å². The molecule has 0 amide bonds. The van der Waals surface area contributed by atoms with Crippen LogP contribution in [0.25, 0.3) is 0 Å². The Balaban J connectivity index is 2.04. The van der Waals surface area contributed by atoms with Crippen molar-refractivity contribution < 1.29 is 9.90 Å². The van der Waals surface area contributed by atoms with Crippen LogP contribution in [0.3, 0.4) is 0 Å². The van der Waals surface area contributed by atoms with Gasteiger partial charge in [-0.05, 0) is 37.5 Å². The molecule has 4 rings (SSSR count). The normalized spacial score (nSPS) is 58.8. The molecule has 0 aromatic rings. The number of aliphatic hydroxyl groups excluding tert-OH is 1. The van der Waals surface area contributed by atoms with Crippen molar-refractivity contribution in [3.8, 4) is 0 Å². The lowest BCUT2D eigenvalue weighted by Crippen LogP contribution is -2.67. The average Bonchev–Trinajstić information content (AvgIpc) is 2.07. The first-order valence-electron chi connectivity index (χ1n) is 5.11. The maximum absolute atomic E-state index is 11.8. The Morgan fingerprint density at radius 3 is 2.92 bits per heavy atom. The first-order chi connectivity index (χ1) is 6.10. The van der Waals surface area contributed by atoms with Gasteiger partial charge in [-0.15, -0.1) is 0 Å². The van der Waals surface area contributed by atoms with E-state index in [9.17, 15) is 9.90 Å². The molecule has 0 saturated heterocycles. The number of aliphatic hydroxyl groups is 1. The number of hydrogen-bond donors (Lipinski definition) is 2. The van der Waals surface area contributed by atoms with Crippen LogP contribution in [0.5, 0.6) is 0 Å². The van der Waals surface area contributed by atoms with Crippen LogP contribution in [-0.2, 0) is 4.79 Å². The highest BCUT2D eigenvalue weighted by molar-refractivity contribution is 5.92. The fraction of sp³-hybridized carbons (Fsp3) is 0.900. The minimum atomic E-state index is -0.560. The van der Waals surface area contributed by atoms with Crippen molar-refractivity contribution >= 4 is 5.78 Å². The summed E-state index contributed by atoms with van der Waals surface area (Å²) in [6.45, 7) is 0. The van der Waals surface area contributed by atoms with Gasteiger partial charge in [0.2, 0.25) is 0 Å². The van der Waals surface area contributed by atoms with Crippen molar-refractivity contribution in [2.24, 2.45) is 23.5 Å². The van der Waals surface area contributed by atoms with Crippen LogP contribution in [0.4, 0.5) is 0 Å². The Morgan fingerprint density at radius 2 is 2.15 bits per heavy atom. The van der Waals surface area contributed by atoms with E-state index >= 15 is 0 Å². The quantitative estimate of drug-likeness (QED) is 0.555. The van der Waals surface area contributed by atoms with Crippen LogP contribution < -0.4 is 5.73 Å². The highest BCUT2D eigenvalue weighted by atomic mass is 16.3. The largest absolute Gasteiger partial charge is 0.392 e. The van der Waals surface area contributed by atoms with Crippen LogP contribution in [0.2, 0.25) is 0 Å². The lowest BCUT2D eigenvalue weighted by molar-refractivity contribution is -0.157. The van der Waals surface area contributed by atoms with Crippen LogP contribution >= 0.6 is 0 Å². The third-order valence-corrected chi connectivity index (χ3v) is 4.23. The van der Waals surface area contributed by atoms with E-state index < -0.39 is 5.54 Å². The molecule has 0 spiro atoms. The Morgan fingerprint density at radius 1 is 1.38 bits per heavy atom. The zero-order chi connectivity index (χ0) is 9.22. The highest BCUT2D eigenvalue weighted by Crippen LogP contribution is 2.52. The molecule has 13 heavy (non-hydrogen) atoms. The van der Waals surface area contributed by atoms with Crippen LogP contribution in [0.15, 0.2) is 0 Å². The second-order valence-electron chi connectivity index (χ2n) is 5.12. The molecule has 5 unspecified atom stereocenters. The predicted octanol–water partition coefficient (Wildman–Crippen LogP) is 0.0637. The van der Waals surface area contributed by atoms with Gasteiger partial charge in [0.1, 0.15) is 0 Å². The summed E-state index contributed by atoms with van der Waals surface area (Å²) in [4.78, 5) is 11.8. The summed E-state index contributed by atoms with van der Waals surface area (Å²) < 4.78 is 0. The van der Waals surface area contributed by atoms with Gasteiger partial charge >= 0.3 is 0 Å². The minimum Gasteiger partial charge on any atom is -0.392 e. The minimum absolute atomic E-state index is 0.128. The van der Waals surface area contributed by atoms with Gasteiger partial charge in [-0.3, -0.25) is 4.79 Å². The molecule has 3 N–H and O–H groups in total. The predicted molar refractivity (Wildman–Crippen MR) is 46.9 cm³/mol. The fourth-order valence-corrected chi connectivity index (χ4v) is 3.76. The molecule has 4 saturated carbocycles. The third-order valence-electron chi connectivity index (χ3n) is 4.23. The smallest absolute Gasteiger partial charge is 0.158 e. The molecular formula is C10H15NO2. The number of carbonyl (C=O) groups excluding carboxylic acids is 1. The summed E-state index contributed by atoms with van der Waals surface area (Å²) in [5.41, 5.74) is 5.51. The number of rotatable bonds is 0. The van der Waals surface area contributed by atoms with Gasteiger partial charge in [0.05, 0.1) is 11.6 Å². The standard InChI is InChI=1S/C10H15NO2/c11-10-3-5-1-6(4-10)8(12)7(2-5)9(10)13/h5-8,12H,1-4,11H2. The molecule has 0 aromatic heterocycles. The molecule has 0 radical (unpaired) electrons. The van der Waals surface area contributed by atoms with Crippen molar-refractivity contribution in [1.29, 1.82) is 0 Å². The second-order valence-corrected chi connectivity index (χ2v) is 5.12. The summed E-state index contributed by atoms with van der Waals surface area (Å²) >= 11 is 0. The molecule has 3 heteroatoms. The van der Waals surface area contributed by atoms with Gasteiger partial charge in [0.25, 0.3) is 0 Å². The van der Waals surface area contributed by atoms with Crippen molar-refractivity contribution in [3.63, 3.8) is 0 Å². The summed E-state index contributed by atoms with van der Waals surface area (Å²) in [7, 11) is 0. The maximum atomic E-state index is 11.8. The van der Waals surface area contributed by atoms with E-state index in [2.05, 4.69) is 0 Å². The van der Waals surface area contributed by atoms with Crippen molar-refractivity contribution in [2.45, 2.75) is 37.3 Å². The van der Waals surface area contributed by atoms with Gasteiger partial charge in [-0.2, -0.15) is 0 Å². The van der Waals surface area contributed by atoms with E-state index in [-0.39, 0.29) is 17.8 Å². The SMILES string of the molecule is NC12CC3CC(C1)C(O)C(C3)C2=O. The molecule has 72 valence electrons. The Kier molecular flexibility index (Phi) is 1.31. The molecule has 3 nitrogen and oxygen atoms in total. The maximum Gasteiger partial charge on any atom is 0.158 e. The molecule has 4 fully saturated rings. The molecule has 4 aliphatic carbocycles. The Labute approximate surface area is 77.3 Å². The molecule has 0 heterocycles. The molecular weight excluding hydrogens is 166 g/mol. The first-order valence-corrected chi connectivity index (χ1v) is 5.11. The van der Waals surface area contributed by atoms with Gasteiger partial charge < -0.3 is 10.8 Å². The molecule has 0 aromatic carbocycles.